The maximum Gasteiger partial charge on any atom is 0.341 e. The summed E-state index contributed by atoms with van der Waals surface area (Å²) in [7, 11) is 1.28. The molecule has 0 saturated carbocycles. The van der Waals surface area contributed by atoms with Gasteiger partial charge in [-0.15, -0.1) is 6.42 Å². The molecule has 1 aromatic carbocycles. The van der Waals surface area contributed by atoms with Crippen molar-refractivity contribution in [2.24, 2.45) is 0 Å². The predicted octanol–water partition coefficient (Wildman–Crippen LogP) is 2.22. The second kappa shape index (κ2) is 6.11. The van der Waals surface area contributed by atoms with Gasteiger partial charge in [-0.2, -0.15) is 0 Å². The molecule has 1 rings (SSSR count). The van der Waals surface area contributed by atoms with Crippen molar-refractivity contribution >= 4 is 17.6 Å². The van der Waals surface area contributed by atoms with Crippen molar-refractivity contribution in [2.75, 3.05) is 12.4 Å². The quantitative estimate of drug-likeness (QED) is 0.676. The first-order valence-corrected chi connectivity index (χ1v) is 5.96. The fourth-order valence-corrected chi connectivity index (χ4v) is 1.47. The number of benzene rings is 1. The molecule has 0 aromatic heterocycles. The summed E-state index contributed by atoms with van der Waals surface area (Å²) in [5.41, 5.74) is -0.143. The Kier molecular flexibility index (Phi) is 4.76. The largest absolute Gasteiger partial charge is 0.474 e. The number of anilines is 1. The monoisotopic (exact) mass is 275 g/mol. The second-order valence-corrected chi connectivity index (χ2v) is 4.64. The average Bonchev–Trinajstić information content (AvgIpc) is 2.37. The fourth-order valence-electron chi connectivity index (χ4n) is 1.47. The number of methoxy groups -OCH3 is 1. The van der Waals surface area contributed by atoms with E-state index < -0.39 is 11.6 Å². The van der Waals surface area contributed by atoms with E-state index in [1.807, 2.05) is 0 Å². The Morgan fingerprint density at radius 3 is 2.50 bits per heavy atom. The lowest BCUT2D eigenvalue weighted by Crippen LogP contribution is -2.26. The standard InChI is InChI=1S/C15H17NO4/c1-6-15(3,4)20-13-9-11(16-10(2)17)7-8-12(13)14(18)19-5/h1,7-9H,2-5H3,(H,16,17). The third-order valence-electron chi connectivity index (χ3n) is 2.42. The van der Waals surface area contributed by atoms with Crippen LogP contribution in [0.1, 0.15) is 31.1 Å². The van der Waals surface area contributed by atoms with Crippen LogP contribution in [0.25, 0.3) is 0 Å². The van der Waals surface area contributed by atoms with Crippen LogP contribution in [0.4, 0.5) is 5.69 Å². The Morgan fingerprint density at radius 2 is 2.00 bits per heavy atom. The molecule has 1 amide bonds. The second-order valence-electron chi connectivity index (χ2n) is 4.64. The highest BCUT2D eigenvalue weighted by Crippen LogP contribution is 2.27. The number of hydrogen-bond acceptors (Lipinski definition) is 4. The Hall–Kier alpha value is -2.48. The molecule has 0 spiro atoms. The van der Waals surface area contributed by atoms with Crippen LogP contribution in [0.5, 0.6) is 5.75 Å². The summed E-state index contributed by atoms with van der Waals surface area (Å²) in [5, 5.41) is 2.61. The minimum Gasteiger partial charge on any atom is -0.474 e. The van der Waals surface area contributed by atoms with Gasteiger partial charge in [0.25, 0.3) is 0 Å². The van der Waals surface area contributed by atoms with Crippen LogP contribution in [-0.4, -0.2) is 24.6 Å². The number of hydrogen-bond donors (Lipinski definition) is 1. The minimum absolute atomic E-state index is 0.224. The summed E-state index contributed by atoms with van der Waals surface area (Å²) < 4.78 is 10.3. The van der Waals surface area contributed by atoms with Gasteiger partial charge in [0.15, 0.2) is 5.60 Å². The minimum atomic E-state index is -0.891. The fraction of sp³-hybridized carbons (Fsp3) is 0.333. The molecule has 0 heterocycles. The van der Waals surface area contributed by atoms with Gasteiger partial charge >= 0.3 is 5.97 Å². The highest BCUT2D eigenvalue weighted by molar-refractivity contribution is 5.95. The molecule has 0 aliphatic carbocycles. The van der Waals surface area contributed by atoms with Gasteiger partial charge in [-0.1, -0.05) is 5.92 Å². The third kappa shape index (κ3) is 4.02. The molecule has 0 atom stereocenters. The molecule has 20 heavy (non-hydrogen) atoms. The lowest BCUT2D eigenvalue weighted by Gasteiger charge is -2.22. The van der Waals surface area contributed by atoms with Crippen molar-refractivity contribution in [2.45, 2.75) is 26.4 Å². The van der Waals surface area contributed by atoms with Gasteiger partial charge in [-0.05, 0) is 26.0 Å². The summed E-state index contributed by atoms with van der Waals surface area (Å²) in [4.78, 5) is 22.8. The SMILES string of the molecule is C#CC(C)(C)Oc1cc(NC(C)=O)ccc1C(=O)OC. The van der Waals surface area contributed by atoms with E-state index >= 15 is 0 Å². The van der Waals surface area contributed by atoms with Gasteiger partial charge in [0.2, 0.25) is 5.91 Å². The van der Waals surface area contributed by atoms with Gasteiger partial charge in [-0.25, -0.2) is 4.79 Å². The average molecular weight is 275 g/mol. The smallest absolute Gasteiger partial charge is 0.341 e. The number of ether oxygens (including phenoxy) is 2. The van der Waals surface area contributed by atoms with E-state index in [1.54, 1.807) is 19.9 Å². The summed E-state index contributed by atoms with van der Waals surface area (Å²) in [6, 6.07) is 4.63. The zero-order chi connectivity index (χ0) is 15.3. The summed E-state index contributed by atoms with van der Waals surface area (Å²) in [5.74, 6) is 1.96. The molecule has 5 nitrogen and oxygen atoms in total. The molecule has 0 bridgehead atoms. The van der Waals surface area contributed by atoms with Crippen LogP contribution in [0, 0.1) is 12.3 Å². The van der Waals surface area contributed by atoms with Crippen molar-refractivity contribution in [3.8, 4) is 18.1 Å². The first kappa shape index (κ1) is 15.6. The van der Waals surface area contributed by atoms with Crippen molar-refractivity contribution < 1.29 is 19.1 Å². The normalized spacial score (nSPS) is 10.3. The van der Waals surface area contributed by atoms with Gasteiger partial charge in [0.1, 0.15) is 11.3 Å². The molecule has 0 aliphatic heterocycles. The molecule has 0 fully saturated rings. The van der Waals surface area contributed by atoms with Crippen LogP contribution < -0.4 is 10.1 Å². The lowest BCUT2D eigenvalue weighted by molar-refractivity contribution is -0.114. The molecule has 1 N–H and O–H groups in total. The predicted molar refractivity (Wildman–Crippen MR) is 75.6 cm³/mol. The summed E-state index contributed by atoms with van der Waals surface area (Å²) >= 11 is 0. The molecule has 0 aliphatic rings. The van der Waals surface area contributed by atoms with Crippen molar-refractivity contribution in [1.29, 1.82) is 0 Å². The Balaban J connectivity index is 3.23. The number of esters is 1. The van der Waals surface area contributed by atoms with Crippen LogP contribution in [0.2, 0.25) is 0 Å². The topological polar surface area (TPSA) is 64.6 Å². The number of rotatable bonds is 4. The Labute approximate surface area is 118 Å². The summed E-state index contributed by atoms with van der Waals surface area (Å²) in [6.45, 7) is 4.78. The zero-order valence-corrected chi connectivity index (χ0v) is 11.9. The number of amides is 1. The zero-order valence-electron chi connectivity index (χ0n) is 11.9. The third-order valence-corrected chi connectivity index (χ3v) is 2.42. The first-order valence-electron chi connectivity index (χ1n) is 5.96. The number of terminal acetylenes is 1. The number of carbonyl (C=O) groups is 2. The number of carbonyl (C=O) groups excluding carboxylic acids is 2. The molecule has 1 aromatic rings. The van der Waals surface area contributed by atoms with Crippen LogP contribution in [-0.2, 0) is 9.53 Å². The van der Waals surface area contributed by atoms with Crippen LogP contribution >= 0.6 is 0 Å². The van der Waals surface area contributed by atoms with E-state index in [0.717, 1.165) is 0 Å². The first-order chi connectivity index (χ1) is 9.29. The lowest BCUT2D eigenvalue weighted by atomic mass is 10.1. The highest BCUT2D eigenvalue weighted by Gasteiger charge is 2.21. The van der Waals surface area contributed by atoms with E-state index in [9.17, 15) is 9.59 Å². The van der Waals surface area contributed by atoms with Gasteiger partial charge in [-0.3, -0.25) is 4.79 Å². The number of nitrogens with one attached hydrogen (secondary N) is 1. The Bertz CT molecular complexity index is 570. The molecule has 5 heteroatoms. The summed E-state index contributed by atoms with van der Waals surface area (Å²) in [6.07, 6.45) is 5.37. The molecule has 106 valence electrons. The molecular weight excluding hydrogens is 258 g/mol. The van der Waals surface area contributed by atoms with Gasteiger partial charge in [0.05, 0.1) is 7.11 Å². The highest BCUT2D eigenvalue weighted by atomic mass is 16.5. The van der Waals surface area contributed by atoms with Crippen LogP contribution in [0.15, 0.2) is 18.2 Å². The van der Waals surface area contributed by atoms with E-state index in [0.29, 0.717) is 5.69 Å². The molecule has 0 saturated heterocycles. The van der Waals surface area contributed by atoms with E-state index in [2.05, 4.69) is 16.0 Å². The van der Waals surface area contributed by atoms with Gasteiger partial charge in [0, 0.05) is 18.7 Å². The maximum absolute atomic E-state index is 11.7. The maximum atomic E-state index is 11.7. The van der Waals surface area contributed by atoms with E-state index in [4.69, 9.17) is 11.2 Å². The van der Waals surface area contributed by atoms with E-state index in [1.165, 1.54) is 26.2 Å². The van der Waals surface area contributed by atoms with Gasteiger partial charge < -0.3 is 14.8 Å². The van der Waals surface area contributed by atoms with E-state index in [-0.39, 0.29) is 17.2 Å². The Morgan fingerprint density at radius 1 is 1.35 bits per heavy atom. The molecular formula is C15H17NO4. The van der Waals surface area contributed by atoms with Crippen molar-refractivity contribution in [3.63, 3.8) is 0 Å². The van der Waals surface area contributed by atoms with Crippen LogP contribution in [0.3, 0.4) is 0 Å². The van der Waals surface area contributed by atoms with Crippen molar-refractivity contribution in [1.82, 2.24) is 0 Å². The molecule has 0 unspecified atom stereocenters. The molecule has 0 radical (unpaired) electrons. The van der Waals surface area contributed by atoms with Crippen molar-refractivity contribution in [3.05, 3.63) is 23.8 Å².